The zero-order chi connectivity index (χ0) is 17.2. The quantitative estimate of drug-likeness (QED) is 0.822. The number of rotatable bonds is 5. The maximum Gasteiger partial charge on any atom is 0.227 e. The second kappa shape index (κ2) is 6.91. The number of hydrogen-bond donors (Lipinski definition) is 0. The molecule has 0 saturated carbocycles. The van der Waals surface area contributed by atoms with Crippen molar-refractivity contribution in [2.45, 2.75) is 39.7 Å². The number of methoxy groups -OCH3 is 1. The molecule has 1 fully saturated rings. The molecule has 0 aromatic heterocycles. The summed E-state index contributed by atoms with van der Waals surface area (Å²) in [6.07, 6.45) is 0.769. The van der Waals surface area contributed by atoms with Crippen molar-refractivity contribution in [2.24, 2.45) is 0 Å². The summed E-state index contributed by atoms with van der Waals surface area (Å²) < 4.78 is 28.8. The maximum atomic E-state index is 12.7. The number of ether oxygens (including phenoxy) is 1. The van der Waals surface area contributed by atoms with Crippen molar-refractivity contribution in [3.8, 4) is 5.75 Å². The molecule has 0 radical (unpaired) electrons. The molecule has 23 heavy (non-hydrogen) atoms. The lowest BCUT2D eigenvalue weighted by Gasteiger charge is -2.27. The van der Waals surface area contributed by atoms with Gasteiger partial charge < -0.3 is 9.64 Å². The van der Waals surface area contributed by atoms with E-state index in [1.165, 1.54) is 0 Å². The summed E-state index contributed by atoms with van der Waals surface area (Å²) in [6, 6.07) is 3.75. The lowest BCUT2D eigenvalue weighted by atomic mass is 10.0. The van der Waals surface area contributed by atoms with Crippen LogP contribution in [0.25, 0.3) is 0 Å². The van der Waals surface area contributed by atoms with Gasteiger partial charge in [-0.1, -0.05) is 6.07 Å². The average molecular weight is 339 g/mol. The fourth-order valence-electron chi connectivity index (χ4n) is 3.28. The van der Waals surface area contributed by atoms with E-state index in [2.05, 4.69) is 0 Å². The van der Waals surface area contributed by atoms with Gasteiger partial charge in [-0.05, 0) is 44.4 Å². The largest absolute Gasteiger partial charge is 0.496 e. The molecule has 1 aromatic rings. The number of carbonyl (C=O) groups excluding carboxylic acids is 1. The molecule has 1 heterocycles. The second-order valence-corrected chi connectivity index (χ2v) is 8.40. The van der Waals surface area contributed by atoms with Crippen LogP contribution in [-0.4, -0.2) is 50.4 Å². The van der Waals surface area contributed by atoms with Crippen molar-refractivity contribution in [3.05, 3.63) is 28.8 Å². The van der Waals surface area contributed by atoms with E-state index >= 15 is 0 Å². The van der Waals surface area contributed by atoms with Crippen LogP contribution in [0, 0.1) is 13.8 Å². The van der Waals surface area contributed by atoms with Crippen LogP contribution in [0.4, 0.5) is 0 Å². The molecular formula is C17H25NO4S. The van der Waals surface area contributed by atoms with Crippen molar-refractivity contribution in [1.29, 1.82) is 0 Å². The van der Waals surface area contributed by atoms with Gasteiger partial charge >= 0.3 is 0 Å². The Bertz CT molecular complexity index is 697. The molecular weight excluding hydrogens is 314 g/mol. The number of sulfone groups is 1. The number of amides is 1. The normalized spacial score (nSPS) is 19.6. The van der Waals surface area contributed by atoms with Gasteiger partial charge in [0, 0.05) is 18.2 Å². The minimum atomic E-state index is -3.00. The van der Waals surface area contributed by atoms with Gasteiger partial charge in [0.1, 0.15) is 5.75 Å². The van der Waals surface area contributed by atoms with Crippen LogP contribution in [0.1, 0.15) is 30.0 Å². The standard InChI is InChI=1S/C17H25NO4S/c1-5-18(14-6-7-23(20,21)11-14)17(19)10-15-13(3)8-12(2)9-16(15)22-4/h8-9,14H,5-7,10-11H2,1-4H3. The van der Waals surface area contributed by atoms with Crippen LogP contribution in [0.5, 0.6) is 5.75 Å². The molecule has 1 saturated heterocycles. The smallest absolute Gasteiger partial charge is 0.227 e. The van der Waals surface area contributed by atoms with Crippen molar-refractivity contribution in [3.63, 3.8) is 0 Å². The van der Waals surface area contributed by atoms with Gasteiger partial charge in [-0.15, -0.1) is 0 Å². The van der Waals surface area contributed by atoms with E-state index < -0.39 is 9.84 Å². The van der Waals surface area contributed by atoms with Crippen molar-refractivity contribution in [2.75, 3.05) is 25.2 Å². The number of carbonyl (C=O) groups is 1. The number of aryl methyl sites for hydroxylation is 2. The zero-order valence-corrected chi connectivity index (χ0v) is 15.1. The predicted molar refractivity (Wildman–Crippen MR) is 90.6 cm³/mol. The predicted octanol–water partition coefficient (Wildman–Crippen LogP) is 1.89. The van der Waals surface area contributed by atoms with Gasteiger partial charge in [0.05, 0.1) is 25.0 Å². The first-order chi connectivity index (χ1) is 10.8. The maximum absolute atomic E-state index is 12.7. The molecule has 128 valence electrons. The van der Waals surface area contributed by atoms with Crippen molar-refractivity contribution >= 4 is 15.7 Å². The lowest BCUT2D eigenvalue weighted by Crippen LogP contribution is -2.41. The molecule has 1 atom stereocenters. The fourth-order valence-corrected chi connectivity index (χ4v) is 5.01. The summed E-state index contributed by atoms with van der Waals surface area (Å²) >= 11 is 0. The Morgan fingerprint density at radius 1 is 1.35 bits per heavy atom. The second-order valence-electron chi connectivity index (χ2n) is 6.18. The Balaban J connectivity index is 2.21. The topological polar surface area (TPSA) is 63.7 Å². The molecule has 1 aromatic carbocycles. The summed E-state index contributed by atoms with van der Waals surface area (Å²) in [5.74, 6) is 0.927. The summed E-state index contributed by atoms with van der Waals surface area (Å²) in [7, 11) is -1.40. The molecule has 1 aliphatic heterocycles. The van der Waals surface area contributed by atoms with Crippen LogP contribution < -0.4 is 4.74 Å². The Kier molecular flexibility index (Phi) is 5.34. The number of likely N-dealkylation sites (N-methyl/N-ethyl adjacent to an activating group) is 1. The fraction of sp³-hybridized carbons (Fsp3) is 0.588. The van der Waals surface area contributed by atoms with Gasteiger partial charge in [-0.3, -0.25) is 4.79 Å². The van der Waals surface area contributed by atoms with Crippen LogP contribution in [0.15, 0.2) is 12.1 Å². The van der Waals surface area contributed by atoms with E-state index in [4.69, 9.17) is 4.74 Å². The monoisotopic (exact) mass is 339 g/mol. The number of hydrogen-bond acceptors (Lipinski definition) is 4. The van der Waals surface area contributed by atoms with Gasteiger partial charge in [-0.2, -0.15) is 0 Å². The highest BCUT2D eigenvalue weighted by Crippen LogP contribution is 2.26. The molecule has 0 aliphatic carbocycles. The first-order valence-electron chi connectivity index (χ1n) is 7.91. The van der Waals surface area contributed by atoms with E-state index in [0.29, 0.717) is 18.7 Å². The molecule has 5 nitrogen and oxygen atoms in total. The Hall–Kier alpha value is -1.56. The first kappa shape index (κ1) is 17.8. The van der Waals surface area contributed by atoms with Gasteiger partial charge in [0.25, 0.3) is 0 Å². The minimum Gasteiger partial charge on any atom is -0.496 e. The Labute approximate surface area is 138 Å². The van der Waals surface area contributed by atoms with Crippen LogP contribution in [0.2, 0.25) is 0 Å². The highest BCUT2D eigenvalue weighted by molar-refractivity contribution is 7.91. The van der Waals surface area contributed by atoms with Gasteiger partial charge in [0.15, 0.2) is 9.84 Å². The molecule has 0 N–H and O–H groups in total. The first-order valence-corrected chi connectivity index (χ1v) is 9.73. The van der Waals surface area contributed by atoms with E-state index in [9.17, 15) is 13.2 Å². The van der Waals surface area contributed by atoms with Crippen LogP contribution in [-0.2, 0) is 21.1 Å². The number of benzene rings is 1. The summed E-state index contributed by atoms with van der Waals surface area (Å²) in [5, 5.41) is 0. The average Bonchev–Trinajstić information content (AvgIpc) is 2.82. The molecule has 1 aliphatic rings. The van der Waals surface area contributed by atoms with Crippen molar-refractivity contribution < 1.29 is 17.9 Å². The highest BCUT2D eigenvalue weighted by Gasteiger charge is 2.34. The summed E-state index contributed by atoms with van der Waals surface area (Å²) in [4.78, 5) is 14.4. The molecule has 6 heteroatoms. The zero-order valence-electron chi connectivity index (χ0n) is 14.3. The Morgan fingerprint density at radius 3 is 2.57 bits per heavy atom. The van der Waals surface area contributed by atoms with E-state index in [1.807, 2.05) is 32.9 Å². The van der Waals surface area contributed by atoms with E-state index in [-0.39, 0.29) is 29.9 Å². The molecule has 0 spiro atoms. The third-order valence-electron chi connectivity index (χ3n) is 4.43. The van der Waals surface area contributed by atoms with Crippen LogP contribution >= 0.6 is 0 Å². The molecule has 1 unspecified atom stereocenters. The summed E-state index contributed by atoms with van der Waals surface area (Å²) in [6.45, 7) is 6.37. The van der Waals surface area contributed by atoms with Gasteiger partial charge in [-0.25, -0.2) is 8.42 Å². The minimum absolute atomic E-state index is 0.0418. The highest BCUT2D eigenvalue weighted by atomic mass is 32.2. The lowest BCUT2D eigenvalue weighted by molar-refractivity contribution is -0.132. The van der Waals surface area contributed by atoms with E-state index in [0.717, 1.165) is 16.7 Å². The van der Waals surface area contributed by atoms with E-state index in [1.54, 1.807) is 12.0 Å². The third-order valence-corrected chi connectivity index (χ3v) is 6.18. The molecule has 2 rings (SSSR count). The van der Waals surface area contributed by atoms with Crippen molar-refractivity contribution in [1.82, 2.24) is 4.90 Å². The summed E-state index contributed by atoms with van der Waals surface area (Å²) in [5.41, 5.74) is 2.98. The van der Waals surface area contributed by atoms with Gasteiger partial charge in [0.2, 0.25) is 5.91 Å². The third kappa shape index (κ3) is 4.05. The number of nitrogens with zero attached hydrogens (tertiary/aromatic N) is 1. The Morgan fingerprint density at radius 2 is 2.04 bits per heavy atom. The molecule has 0 bridgehead atoms. The SMILES string of the molecule is CCN(C(=O)Cc1c(C)cc(C)cc1OC)C1CCS(=O)(=O)C1. The molecule has 1 amide bonds. The van der Waals surface area contributed by atoms with Crippen LogP contribution in [0.3, 0.4) is 0 Å².